The van der Waals surface area contributed by atoms with Gasteiger partial charge in [0.1, 0.15) is 12.2 Å². The van der Waals surface area contributed by atoms with Crippen LogP contribution in [0.4, 0.5) is 9.59 Å². The van der Waals surface area contributed by atoms with Crippen LogP contribution in [0.3, 0.4) is 0 Å². The predicted molar refractivity (Wildman–Crippen MR) is 117 cm³/mol. The molecule has 0 aromatic heterocycles. The molecule has 0 saturated carbocycles. The number of carbonyl (C=O) groups is 2. The third kappa shape index (κ3) is 9.03. The molecule has 2 rings (SSSR count). The number of rotatable bonds is 7. The molecular weight excluding hydrogens is 382 g/mol. The SMILES string of the molecule is CC(C)CC(CN1CCN(C(=O)OCc2ccccc2)CC1)NC(=O)OC(C)(C)C. The Labute approximate surface area is 180 Å². The number of hydrogen-bond acceptors (Lipinski definition) is 5. The minimum absolute atomic E-state index is 0.0106. The Morgan fingerprint density at radius 3 is 2.27 bits per heavy atom. The quantitative estimate of drug-likeness (QED) is 0.726. The van der Waals surface area contributed by atoms with E-state index in [1.54, 1.807) is 4.90 Å². The summed E-state index contributed by atoms with van der Waals surface area (Å²) in [7, 11) is 0. The van der Waals surface area contributed by atoms with Crippen molar-refractivity contribution in [2.24, 2.45) is 5.92 Å². The maximum Gasteiger partial charge on any atom is 0.410 e. The molecule has 1 unspecified atom stereocenters. The second-order valence-electron chi connectivity index (χ2n) is 9.30. The fourth-order valence-corrected chi connectivity index (χ4v) is 3.46. The van der Waals surface area contributed by atoms with Gasteiger partial charge in [-0.1, -0.05) is 44.2 Å². The first-order chi connectivity index (χ1) is 14.1. The minimum Gasteiger partial charge on any atom is -0.445 e. The average Bonchev–Trinajstić information content (AvgIpc) is 2.65. The monoisotopic (exact) mass is 419 g/mol. The Morgan fingerprint density at radius 1 is 1.07 bits per heavy atom. The molecule has 0 spiro atoms. The predicted octanol–water partition coefficient (Wildman–Crippen LogP) is 3.88. The number of benzene rings is 1. The van der Waals surface area contributed by atoms with E-state index in [2.05, 4.69) is 24.1 Å². The second kappa shape index (κ2) is 11.2. The van der Waals surface area contributed by atoms with Crippen LogP contribution in [0.5, 0.6) is 0 Å². The number of piperazine rings is 1. The van der Waals surface area contributed by atoms with Crippen molar-refractivity contribution in [1.82, 2.24) is 15.1 Å². The van der Waals surface area contributed by atoms with Crippen LogP contribution >= 0.6 is 0 Å². The highest BCUT2D eigenvalue weighted by molar-refractivity contribution is 5.68. The van der Waals surface area contributed by atoms with Crippen LogP contribution in [0.2, 0.25) is 0 Å². The van der Waals surface area contributed by atoms with Crippen molar-refractivity contribution in [1.29, 1.82) is 0 Å². The summed E-state index contributed by atoms with van der Waals surface area (Å²) in [6, 6.07) is 9.70. The molecule has 1 aliphatic rings. The largest absolute Gasteiger partial charge is 0.445 e. The summed E-state index contributed by atoms with van der Waals surface area (Å²) in [6.45, 7) is 13.6. The standard InChI is InChI=1S/C23H37N3O4/c1-18(2)15-20(24-21(27)30-23(3,4)5)16-25-11-13-26(14-12-25)22(28)29-17-19-9-7-6-8-10-19/h6-10,18,20H,11-17H2,1-5H3,(H,24,27). The molecule has 1 aromatic rings. The highest BCUT2D eigenvalue weighted by Crippen LogP contribution is 2.12. The Kier molecular flexibility index (Phi) is 8.96. The molecule has 0 aliphatic carbocycles. The lowest BCUT2D eigenvalue weighted by Gasteiger charge is -2.36. The number of hydrogen-bond donors (Lipinski definition) is 1. The highest BCUT2D eigenvalue weighted by atomic mass is 16.6. The van der Waals surface area contributed by atoms with E-state index in [0.717, 1.165) is 31.6 Å². The number of amides is 2. The summed E-state index contributed by atoms with van der Waals surface area (Å²) in [5, 5.41) is 3.02. The van der Waals surface area contributed by atoms with Crippen molar-refractivity contribution < 1.29 is 19.1 Å². The normalized spacial score (nSPS) is 16.3. The van der Waals surface area contributed by atoms with E-state index < -0.39 is 5.60 Å². The third-order valence-corrected chi connectivity index (χ3v) is 4.79. The fraction of sp³-hybridized carbons (Fsp3) is 0.652. The van der Waals surface area contributed by atoms with E-state index in [-0.39, 0.29) is 24.8 Å². The molecule has 168 valence electrons. The van der Waals surface area contributed by atoms with E-state index in [0.29, 0.717) is 19.0 Å². The molecule has 1 aliphatic heterocycles. The van der Waals surface area contributed by atoms with Gasteiger partial charge in [0, 0.05) is 38.8 Å². The first-order valence-corrected chi connectivity index (χ1v) is 10.8. The number of ether oxygens (including phenoxy) is 2. The van der Waals surface area contributed by atoms with Gasteiger partial charge in [0.15, 0.2) is 0 Å². The van der Waals surface area contributed by atoms with Gasteiger partial charge in [0.05, 0.1) is 0 Å². The summed E-state index contributed by atoms with van der Waals surface area (Å²) < 4.78 is 10.8. The van der Waals surface area contributed by atoms with E-state index in [1.165, 1.54) is 0 Å². The molecule has 1 fully saturated rings. The molecule has 2 amide bonds. The van der Waals surface area contributed by atoms with Gasteiger partial charge in [-0.3, -0.25) is 4.90 Å². The van der Waals surface area contributed by atoms with Crippen molar-refractivity contribution in [3.05, 3.63) is 35.9 Å². The number of alkyl carbamates (subject to hydrolysis) is 1. The van der Waals surface area contributed by atoms with Crippen molar-refractivity contribution >= 4 is 12.2 Å². The zero-order valence-corrected chi connectivity index (χ0v) is 19.0. The first-order valence-electron chi connectivity index (χ1n) is 10.8. The van der Waals surface area contributed by atoms with Crippen LogP contribution in [-0.2, 0) is 16.1 Å². The maximum absolute atomic E-state index is 12.3. The van der Waals surface area contributed by atoms with Crippen molar-refractivity contribution in [2.75, 3.05) is 32.7 Å². The molecule has 1 aromatic carbocycles. The highest BCUT2D eigenvalue weighted by Gasteiger charge is 2.26. The van der Waals surface area contributed by atoms with Gasteiger partial charge < -0.3 is 19.7 Å². The molecule has 30 heavy (non-hydrogen) atoms. The Bertz CT molecular complexity index is 665. The zero-order chi connectivity index (χ0) is 22.1. The summed E-state index contributed by atoms with van der Waals surface area (Å²) in [4.78, 5) is 28.6. The zero-order valence-electron chi connectivity index (χ0n) is 19.0. The second-order valence-corrected chi connectivity index (χ2v) is 9.30. The Hall–Kier alpha value is -2.28. The topological polar surface area (TPSA) is 71.1 Å². The summed E-state index contributed by atoms with van der Waals surface area (Å²) in [5.41, 5.74) is 0.465. The molecular formula is C23H37N3O4. The third-order valence-electron chi connectivity index (χ3n) is 4.79. The smallest absolute Gasteiger partial charge is 0.410 e. The number of nitrogens with one attached hydrogen (secondary N) is 1. The van der Waals surface area contributed by atoms with Gasteiger partial charge in [-0.2, -0.15) is 0 Å². The lowest BCUT2D eigenvalue weighted by atomic mass is 10.0. The van der Waals surface area contributed by atoms with Gasteiger partial charge in [0.2, 0.25) is 0 Å². The fourth-order valence-electron chi connectivity index (χ4n) is 3.46. The lowest BCUT2D eigenvalue weighted by molar-refractivity contribution is 0.0463. The van der Waals surface area contributed by atoms with Gasteiger partial charge in [0.25, 0.3) is 0 Å². The first kappa shape index (κ1) is 24.0. The molecule has 1 atom stereocenters. The number of carbonyl (C=O) groups excluding carboxylic acids is 2. The van der Waals surface area contributed by atoms with Crippen LogP contribution in [0.15, 0.2) is 30.3 Å². The van der Waals surface area contributed by atoms with Crippen LogP contribution < -0.4 is 5.32 Å². The van der Waals surface area contributed by atoms with Crippen LogP contribution in [0, 0.1) is 5.92 Å². The molecule has 0 radical (unpaired) electrons. The van der Waals surface area contributed by atoms with Gasteiger partial charge in [-0.15, -0.1) is 0 Å². The minimum atomic E-state index is -0.516. The van der Waals surface area contributed by atoms with Crippen molar-refractivity contribution in [3.8, 4) is 0 Å². The van der Waals surface area contributed by atoms with Crippen molar-refractivity contribution in [3.63, 3.8) is 0 Å². The van der Waals surface area contributed by atoms with E-state index in [1.807, 2.05) is 51.1 Å². The summed E-state index contributed by atoms with van der Waals surface area (Å²) >= 11 is 0. The Balaban J connectivity index is 1.78. The van der Waals surface area contributed by atoms with E-state index in [4.69, 9.17) is 9.47 Å². The maximum atomic E-state index is 12.3. The van der Waals surface area contributed by atoms with Crippen LogP contribution in [-0.4, -0.2) is 66.4 Å². The number of nitrogens with zero attached hydrogens (tertiary/aromatic N) is 2. The van der Waals surface area contributed by atoms with Gasteiger partial charge in [-0.05, 0) is 38.7 Å². The van der Waals surface area contributed by atoms with Crippen LogP contribution in [0.25, 0.3) is 0 Å². The van der Waals surface area contributed by atoms with E-state index >= 15 is 0 Å². The van der Waals surface area contributed by atoms with Gasteiger partial charge >= 0.3 is 12.2 Å². The summed E-state index contributed by atoms with van der Waals surface area (Å²) in [5.74, 6) is 0.458. The van der Waals surface area contributed by atoms with Crippen LogP contribution in [0.1, 0.15) is 46.6 Å². The van der Waals surface area contributed by atoms with E-state index in [9.17, 15) is 9.59 Å². The molecule has 7 nitrogen and oxygen atoms in total. The van der Waals surface area contributed by atoms with Gasteiger partial charge in [-0.25, -0.2) is 9.59 Å². The Morgan fingerprint density at radius 2 is 1.70 bits per heavy atom. The molecule has 1 N–H and O–H groups in total. The molecule has 1 saturated heterocycles. The van der Waals surface area contributed by atoms with Crippen molar-refractivity contribution in [2.45, 2.75) is 59.3 Å². The molecule has 1 heterocycles. The lowest BCUT2D eigenvalue weighted by Crippen LogP contribution is -2.53. The molecule has 7 heteroatoms. The average molecular weight is 420 g/mol. The summed E-state index contributed by atoms with van der Waals surface area (Å²) in [6.07, 6.45) is 0.221. The molecule has 0 bridgehead atoms.